The fourth-order valence-corrected chi connectivity index (χ4v) is 2.56. The standard InChI is InChI=1S/C18H25NO2/c1-4-12-19-18(16-9-7-6-8-14(16)5-2)17-11-10-15(21-17)13-20-3/h6-11,18-19H,4-5,12-13H2,1-3H3. The normalized spacial score (nSPS) is 12.5. The minimum Gasteiger partial charge on any atom is -0.462 e. The van der Waals surface area contributed by atoms with Crippen LogP contribution in [-0.2, 0) is 17.8 Å². The molecule has 1 atom stereocenters. The van der Waals surface area contributed by atoms with Crippen molar-refractivity contribution in [1.82, 2.24) is 5.32 Å². The Morgan fingerprint density at radius 1 is 1.14 bits per heavy atom. The first kappa shape index (κ1) is 15.8. The van der Waals surface area contributed by atoms with Gasteiger partial charge in [0.15, 0.2) is 0 Å². The fraction of sp³-hybridized carbons (Fsp3) is 0.444. The van der Waals surface area contributed by atoms with Gasteiger partial charge < -0.3 is 14.5 Å². The molecule has 0 fully saturated rings. The number of aryl methyl sites for hydroxylation is 1. The van der Waals surface area contributed by atoms with Crippen LogP contribution in [-0.4, -0.2) is 13.7 Å². The molecule has 1 N–H and O–H groups in total. The van der Waals surface area contributed by atoms with Crippen LogP contribution in [0.2, 0.25) is 0 Å². The SMILES string of the molecule is CCCNC(c1ccc(COC)o1)c1ccccc1CC. The van der Waals surface area contributed by atoms with E-state index in [4.69, 9.17) is 9.15 Å². The van der Waals surface area contributed by atoms with Crippen molar-refractivity contribution in [2.75, 3.05) is 13.7 Å². The minimum atomic E-state index is 0.103. The van der Waals surface area contributed by atoms with Crippen LogP contribution in [0.25, 0.3) is 0 Å². The molecule has 2 aromatic rings. The minimum absolute atomic E-state index is 0.103. The molecule has 0 radical (unpaired) electrons. The molecule has 21 heavy (non-hydrogen) atoms. The fourth-order valence-electron chi connectivity index (χ4n) is 2.56. The van der Waals surface area contributed by atoms with Crippen molar-refractivity contribution in [2.45, 2.75) is 39.3 Å². The van der Waals surface area contributed by atoms with Gasteiger partial charge in [0.05, 0.1) is 6.04 Å². The van der Waals surface area contributed by atoms with Crippen molar-refractivity contribution in [1.29, 1.82) is 0 Å². The molecule has 2 rings (SSSR count). The molecule has 1 heterocycles. The maximum absolute atomic E-state index is 5.95. The number of furan rings is 1. The highest BCUT2D eigenvalue weighted by atomic mass is 16.5. The predicted octanol–water partition coefficient (Wildman–Crippen LogP) is 4.08. The molecule has 1 unspecified atom stereocenters. The molecule has 0 aliphatic heterocycles. The lowest BCUT2D eigenvalue weighted by Gasteiger charge is -2.19. The first-order chi connectivity index (χ1) is 10.3. The molecule has 0 amide bonds. The smallest absolute Gasteiger partial charge is 0.129 e. The van der Waals surface area contributed by atoms with Crippen LogP contribution < -0.4 is 5.32 Å². The van der Waals surface area contributed by atoms with Crippen LogP contribution in [0.4, 0.5) is 0 Å². The highest BCUT2D eigenvalue weighted by Crippen LogP contribution is 2.27. The van der Waals surface area contributed by atoms with Gasteiger partial charge in [0.1, 0.15) is 18.1 Å². The summed E-state index contributed by atoms with van der Waals surface area (Å²) in [6.07, 6.45) is 2.11. The average Bonchev–Trinajstić information content (AvgIpc) is 2.97. The van der Waals surface area contributed by atoms with E-state index >= 15 is 0 Å². The zero-order valence-electron chi connectivity index (χ0n) is 13.2. The third-order valence-corrected chi connectivity index (χ3v) is 3.60. The Labute approximate surface area is 127 Å². The molecule has 0 spiro atoms. The Bertz CT molecular complexity index is 548. The first-order valence-electron chi connectivity index (χ1n) is 7.68. The lowest BCUT2D eigenvalue weighted by atomic mass is 9.97. The van der Waals surface area contributed by atoms with Gasteiger partial charge in [0, 0.05) is 7.11 Å². The van der Waals surface area contributed by atoms with E-state index in [2.05, 4.69) is 43.4 Å². The zero-order valence-corrected chi connectivity index (χ0v) is 13.2. The van der Waals surface area contributed by atoms with Crippen molar-refractivity contribution < 1.29 is 9.15 Å². The van der Waals surface area contributed by atoms with Gasteiger partial charge >= 0.3 is 0 Å². The van der Waals surface area contributed by atoms with Crippen LogP contribution >= 0.6 is 0 Å². The van der Waals surface area contributed by atoms with Gasteiger partial charge in [-0.1, -0.05) is 38.1 Å². The maximum Gasteiger partial charge on any atom is 0.129 e. The Morgan fingerprint density at radius 3 is 2.67 bits per heavy atom. The van der Waals surface area contributed by atoms with Crippen molar-refractivity contribution in [3.05, 3.63) is 59.0 Å². The Hall–Kier alpha value is -1.58. The van der Waals surface area contributed by atoms with Gasteiger partial charge in [-0.15, -0.1) is 0 Å². The van der Waals surface area contributed by atoms with Crippen LogP contribution in [0.5, 0.6) is 0 Å². The largest absolute Gasteiger partial charge is 0.462 e. The molecule has 0 saturated heterocycles. The van der Waals surface area contributed by atoms with Crippen LogP contribution in [0.1, 0.15) is 49.0 Å². The lowest BCUT2D eigenvalue weighted by Crippen LogP contribution is -2.23. The van der Waals surface area contributed by atoms with Crippen molar-refractivity contribution in [3.8, 4) is 0 Å². The predicted molar refractivity (Wildman–Crippen MR) is 85.4 cm³/mol. The summed E-state index contributed by atoms with van der Waals surface area (Å²) in [6, 6.07) is 12.7. The van der Waals surface area contributed by atoms with Crippen molar-refractivity contribution in [2.24, 2.45) is 0 Å². The zero-order chi connectivity index (χ0) is 15.1. The van der Waals surface area contributed by atoms with Gasteiger partial charge in [0.2, 0.25) is 0 Å². The second-order valence-corrected chi connectivity index (χ2v) is 5.18. The molecule has 0 aliphatic carbocycles. The summed E-state index contributed by atoms with van der Waals surface area (Å²) in [5.41, 5.74) is 2.66. The molecule has 114 valence electrons. The van der Waals surface area contributed by atoms with Gasteiger partial charge in [0.25, 0.3) is 0 Å². The summed E-state index contributed by atoms with van der Waals surface area (Å²) in [4.78, 5) is 0. The maximum atomic E-state index is 5.95. The summed E-state index contributed by atoms with van der Waals surface area (Å²) in [5.74, 6) is 1.82. The number of rotatable bonds is 8. The van der Waals surface area contributed by atoms with E-state index < -0.39 is 0 Å². The van der Waals surface area contributed by atoms with E-state index in [1.165, 1.54) is 11.1 Å². The number of ether oxygens (including phenoxy) is 1. The second-order valence-electron chi connectivity index (χ2n) is 5.18. The van der Waals surface area contributed by atoms with Gasteiger partial charge in [-0.25, -0.2) is 0 Å². The number of hydrogen-bond donors (Lipinski definition) is 1. The summed E-state index contributed by atoms with van der Waals surface area (Å²) >= 11 is 0. The topological polar surface area (TPSA) is 34.4 Å². The number of methoxy groups -OCH3 is 1. The van der Waals surface area contributed by atoms with Crippen LogP contribution in [0, 0.1) is 0 Å². The van der Waals surface area contributed by atoms with Crippen molar-refractivity contribution >= 4 is 0 Å². The molecule has 1 aromatic heterocycles. The summed E-state index contributed by atoms with van der Waals surface area (Å²) in [6.45, 7) is 5.83. The number of hydrogen-bond acceptors (Lipinski definition) is 3. The molecular formula is C18H25NO2. The third-order valence-electron chi connectivity index (χ3n) is 3.60. The molecule has 1 aromatic carbocycles. The monoisotopic (exact) mass is 287 g/mol. The van der Waals surface area contributed by atoms with Crippen molar-refractivity contribution in [3.63, 3.8) is 0 Å². The summed E-state index contributed by atoms with van der Waals surface area (Å²) < 4.78 is 11.1. The molecule has 3 heteroatoms. The highest BCUT2D eigenvalue weighted by molar-refractivity contribution is 5.35. The summed E-state index contributed by atoms with van der Waals surface area (Å²) in [7, 11) is 1.68. The average molecular weight is 287 g/mol. The quantitative estimate of drug-likeness (QED) is 0.794. The highest BCUT2D eigenvalue weighted by Gasteiger charge is 2.19. The van der Waals surface area contributed by atoms with Gasteiger partial charge in [-0.3, -0.25) is 0 Å². The van der Waals surface area contributed by atoms with E-state index in [0.717, 1.165) is 30.9 Å². The Morgan fingerprint density at radius 2 is 1.95 bits per heavy atom. The summed E-state index contributed by atoms with van der Waals surface area (Å²) in [5, 5.41) is 3.60. The molecule has 0 saturated carbocycles. The molecule has 0 bridgehead atoms. The number of nitrogens with one attached hydrogen (secondary N) is 1. The van der Waals surface area contributed by atoms with E-state index in [1.54, 1.807) is 7.11 Å². The first-order valence-corrected chi connectivity index (χ1v) is 7.68. The Balaban J connectivity index is 2.32. The van der Waals surface area contributed by atoms with E-state index in [1.807, 2.05) is 12.1 Å². The number of benzene rings is 1. The van der Waals surface area contributed by atoms with Gasteiger partial charge in [-0.05, 0) is 42.6 Å². The van der Waals surface area contributed by atoms with Crippen LogP contribution in [0.3, 0.4) is 0 Å². The molecular weight excluding hydrogens is 262 g/mol. The van der Waals surface area contributed by atoms with Crippen LogP contribution in [0.15, 0.2) is 40.8 Å². The molecule has 3 nitrogen and oxygen atoms in total. The molecule has 0 aliphatic rings. The third kappa shape index (κ3) is 3.96. The van der Waals surface area contributed by atoms with E-state index in [0.29, 0.717) is 6.61 Å². The van der Waals surface area contributed by atoms with E-state index in [-0.39, 0.29) is 6.04 Å². The van der Waals surface area contributed by atoms with E-state index in [9.17, 15) is 0 Å². The Kier molecular flexibility index (Phi) is 6.03. The van der Waals surface area contributed by atoms with Gasteiger partial charge in [-0.2, -0.15) is 0 Å². The second kappa shape index (κ2) is 8.01. The lowest BCUT2D eigenvalue weighted by molar-refractivity contribution is 0.162.